The van der Waals surface area contributed by atoms with Gasteiger partial charge in [-0.2, -0.15) is 5.10 Å². The Morgan fingerprint density at radius 2 is 2.11 bits per heavy atom. The van der Waals surface area contributed by atoms with Gasteiger partial charge < -0.3 is 15.5 Å². The number of amides is 1. The van der Waals surface area contributed by atoms with E-state index in [9.17, 15) is 4.79 Å². The van der Waals surface area contributed by atoms with Crippen LogP contribution >= 0.6 is 11.6 Å². The van der Waals surface area contributed by atoms with Crippen molar-refractivity contribution in [1.29, 1.82) is 0 Å². The Balaban J connectivity index is 1.60. The number of hydrogen-bond donors (Lipinski definition) is 2. The number of benzene rings is 1. The molecule has 1 aromatic carbocycles. The molecular weight excluding hydrogens is 376 g/mol. The van der Waals surface area contributed by atoms with Gasteiger partial charge in [-0.05, 0) is 37.6 Å². The van der Waals surface area contributed by atoms with Crippen LogP contribution in [0.4, 0.5) is 0 Å². The van der Waals surface area contributed by atoms with Gasteiger partial charge in [0, 0.05) is 48.9 Å². The van der Waals surface area contributed by atoms with E-state index in [0.717, 1.165) is 43.3 Å². The van der Waals surface area contributed by atoms with Crippen molar-refractivity contribution in [3.63, 3.8) is 0 Å². The van der Waals surface area contributed by atoms with E-state index >= 15 is 0 Å². The molecular formula is C20H27ClN6O. The second-order valence-corrected chi connectivity index (χ2v) is 7.22. The zero-order valence-corrected chi connectivity index (χ0v) is 17.1. The smallest absolute Gasteiger partial charge is 0.222 e. The molecule has 2 N–H and O–H groups in total. The van der Waals surface area contributed by atoms with Crippen LogP contribution in [0.15, 0.2) is 41.7 Å². The number of likely N-dealkylation sites (tertiary alicyclic amines) is 1. The molecule has 0 bridgehead atoms. The number of aliphatic imine (C=N–C) groups is 1. The third-order valence-electron chi connectivity index (χ3n) is 4.68. The van der Waals surface area contributed by atoms with Gasteiger partial charge in [-0.25, -0.2) is 9.67 Å². The van der Waals surface area contributed by atoms with E-state index in [4.69, 9.17) is 11.6 Å². The monoisotopic (exact) mass is 402 g/mol. The number of carbonyl (C=O) groups excluding carboxylic acids is 1. The summed E-state index contributed by atoms with van der Waals surface area (Å²) in [5.41, 5.74) is 1.97. The number of carbonyl (C=O) groups is 1. The number of aromatic nitrogens is 2. The highest BCUT2D eigenvalue weighted by atomic mass is 35.5. The molecule has 0 aliphatic carbocycles. The van der Waals surface area contributed by atoms with Crippen molar-refractivity contribution < 1.29 is 4.79 Å². The lowest BCUT2D eigenvalue weighted by atomic mass is 10.3. The van der Waals surface area contributed by atoms with Crippen LogP contribution in [0.2, 0.25) is 5.02 Å². The van der Waals surface area contributed by atoms with Crippen LogP contribution in [-0.2, 0) is 11.3 Å². The zero-order valence-electron chi connectivity index (χ0n) is 16.4. The molecule has 0 radical (unpaired) electrons. The normalized spacial score (nSPS) is 17.0. The molecule has 1 unspecified atom stereocenters. The molecule has 150 valence electrons. The van der Waals surface area contributed by atoms with Crippen molar-refractivity contribution >= 4 is 23.5 Å². The first-order valence-electron chi connectivity index (χ1n) is 9.71. The first kappa shape index (κ1) is 20.2. The SMILES string of the molecule is CCNC(=NCc1cnn(-c2ccc(Cl)cc2)c1)NC1CCN(C(=O)CC)C1. The van der Waals surface area contributed by atoms with Gasteiger partial charge >= 0.3 is 0 Å². The van der Waals surface area contributed by atoms with Crippen molar-refractivity contribution in [2.75, 3.05) is 19.6 Å². The lowest BCUT2D eigenvalue weighted by molar-refractivity contribution is -0.129. The fraction of sp³-hybridized carbons (Fsp3) is 0.450. The number of rotatable bonds is 6. The highest BCUT2D eigenvalue weighted by Crippen LogP contribution is 2.14. The van der Waals surface area contributed by atoms with E-state index in [1.807, 2.05) is 60.1 Å². The Kier molecular flexibility index (Phi) is 6.92. The van der Waals surface area contributed by atoms with E-state index in [1.54, 1.807) is 0 Å². The van der Waals surface area contributed by atoms with Crippen LogP contribution in [-0.4, -0.2) is 52.2 Å². The van der Waals surface area contributed by atoms with E-state index in [-0.39, 0.29) is 11.9 Å². The Hall–Kier alpha value is -2.54. The van der Waals surface area contributed by atoms with Gasteiger partial charge in [-0.15, -0.1) is 0 Å². The molecule has 1 aliphatic heterocycles. The Labute approximate surface area is 170 Å². The minimum absolute atomic E-state index is 0.209. The van der Waals surface area contributed by atoms with Gasteiger partial charge in [0.1, 0.15) is 0 Å². The van der Waals surface area contributed by atoms with Crippen molar-refractivity contribution in [3.8, 4) is 5.69 Å². The summed E-state index contributed by atoms with van der Waals surface area (Å²) in [5, 5.41) is 11.8. The van der Waals surface area contributed by atoms with Crippen molar-refractivity contribution in [2.45, 2.75) is 39.3 Å². The molecule has 1 aromatic heterocycles. The van der Waals surface area contributed by atoms with Crippen molar-refractivity contribution in [3.05, 3.63) is 47.2 Å². The molecule has 1 atom stereocenters. The summed E-state index contributed by atoms with van der Waals surface area (Å²) in [6, 6.07) is 7.77. The fourth-order valence-electron chi connectivity index (χ4n) is 3.19. The lowest BCUT2D eigenvalue weighted by Gasteiger charge is -2.18. The Morgan fingerprint density at radius 1 is 1.32 bits per heavy atom. The molecule has 1 aliphatic rings. The average Bonchev–Trinajstić information content (AvgIpc) is 3.36. The molecule has 8 heteroatoms. The minimum Gasteiger partial charge on any atom is -0.357 e. The molecule has 1 amide bonds. The fourth-order valence-corrected chi connectivity index (χ4v) is 3.31. The topological polar surface area (TPSA) is 74.6 Å². The van der Waals surface area contributed by atoms with Gasteiger partial charge in [-0.1, -0.05) is 18.5 Å². The second-order valence-electron chi connectivity index (χ2n) is 6.79. The first-order chi connectivity index (χ1) is 13.6. The summed E-state index contributed by atoms with van der Waals surface area (Å²) in [5.74, 6) is 0.971. The van der Waals surface area contributed by atoms with E-state index in [1.165, 1.54) is 0 Å². The Morgan fingerprint density at radius 3 is 2.82 bits per heavy atom. The van der Waals surface area contributed by atoms with Crippen LogP contribution in [0.1, 0.15) is 32.3 Å². The van der Waals surface area contributed by atoms with Crippen molar-refractivity contribution in [1.82, 2.24) is 25.3 Å². The molecule has 2 heterocycles. The van der Waals surface area contributed by atoms with Crippen LogP contribution in [0.3, 0.4) is 0 Å². The quantitative estimate of drug-likeness (QED) is 0.575. The first-order valence-corrected chi connectivity index (χ1v) is 10.1. The van der Waals surface area contributed by atoms with Gasteiger partial charge in [0.25, 0.3) is 0 Å². The summed E-state index contributed by atoms with van der Waals surface area (Å²) in [6.45, 7) is 6.77. The molecule has 1 saturated heterocycles. The summed E-state index contributed by atoms with van der Waals surface area (Å²) in [6.07, 6.45) is 5.27. The number of guanidine groups is 1. The number of nitrogens with zero attached hydrogens (tertiary/aromatic N) is 4. The third kappa shape index (κ3) is 5.25. The largest absolute Gasteiger partial charge is 0.357 e. The van der Waals surface area contributed by atoms with Crippen molar-refractivity contribution in [2.24, 2.45) is 4.99 Å². The van der Waals surface area contributed by atoms with E-state index in [2.05, 4.69) is 20.7 Å². The minimum atomic E-state index is 0.209. The Bertz CT molecular complexity index is 816. The number of hydrogen-bond acceptors (Lipinski definition) is 3. The molecule has 2 aromatic rings. The summed E-state index contributed by atoms with van der Waals surface area (Å²) < 4.78 is 1.81. The summed E-state index contributed by atoms with van der Waals surface area (Å²) in [7, 11) is 0. The van der Waals surface area contributed by atoms with Crippen LogP contribution < -0.4 is 10.6 Å². The third-order valence-corrected chi connectivity index (χ3v) is 4.93. The maximum absolute atomic E-state index is 11.9. The predicted octanol–water partition coefficient (Wildman–Crippen LogP) is 2.59. The van der Waals surface area contributed by atoms with Crippen LogP contribution in [0.25, 0.3) is 5.69 Å². The predicted molar refractivity (Wildman–Crippen MR) is 112 cm³/mol. The maximum atomic E-state index is 11.9. The summed E-state index contributed by atoms with van der Waals surface area (Å²) in [4.78, 5) is 18.4. The van der Waals surface area contributed by atoms with E-state index < -0.39 is 0 Å². The van der Waals surface area contributed by atoms with Gasteiger partial charge in [-0.3, -0.25) is 4.79 Å². The molecule has 3 rings (SSSR count). The van der Waals surface area contributed by atoms with Gasteiger partial charge in [0.15, 0.2) is 5.96 Å². The van der Waals surface area contributed by atoms with Gasteiger partial charge in [0.2, 0.25) is 5.91 Å². The maximum Gasteiger partial charge on any atom is 0.222 e. The zero-order chi connectivity index (χ0) is 19.9. The highest BCUT2D eigenvalue weighted by Gasteiger charge is 2.25. The van der Waals surface area contributed by atoms with Crippen LogP contribution in [0.5, 0.6) is 0 Å². The average molecular weight is 403 g/mol. The standard InChI is InChI=1S/C20H27ClN6O/c1-3-19(28)26-10-9-17(14-26)25-20(22-4-2)23-11-15-12-24-27(13-15)18-7-5-16(21)6-8-18/h5-8,12-13,17H,3-4,9-11,14H2,1-2H3,(H2,22,23,25). The molecule has 7 nitrogen and oxygen atoms in total. The highest BCUT2D eigenvalue weighted by molar-refractivity contribution is 6.30. The van der Waals surface area contributed by atoms with Gasteiger partial charge in [0.05, 0.1) is 18.4 Å². The van der Waals surface area contributed by atoms with E-state index in [0.29, 0.717) is 18.0 Å². The molecule has 1 fully saturated rings. The number of nitrogens with one attached hydrogen (secondary N) is 2. The summed E-state index contributed by atoms with van der Waals surface area (Å²) >= 11 is 5.94. The molecule has 28 heavy (non-hydrogen) atoms. The lowest BCUT2D eigenvalue weighted by Crippen LogP contribution is -2.45. The number of halogens is 1. The molecule has 0 spiro atoms. The second kappa shape index (κ2) is 9.59. The molecule has 0 saturated carbocycles. The van der Waals surface area contributed by atoms with Crippen LogP contribution in [0, 0.1) is 0 Å².